The average Bonchev–Trinajstić information content (AvgIpc) is 2.91. The summed E-state index contributed by atoms with van der Waals surface area (Å²) in [7, 11) is 0. The van der Waals surface area contributed by atoms with Crippen molar-refractivity contribution in [3.05, 3.63) is 12.7 Å². The number of anilines is 1. The molecule has 0 bridgehead atoms. The molecule has 2 aliphatic rings. The molecule has 0 unspecified atom stereocenters. The first-order valence-corrected chi connectivity index (χ1v) is 5.99. The van der Waals surface area contributed by atoms with E-state index >= 15 is 0 Å². The Morgan fingerprint density at radius 1 is 1.39 bits per heavy atom. The summed E-state index contributed by atoms with van der Waals surface area (Å²) in [4.78, 5) is 12.4. The lowest BCUT2D eigenvalue weighted by molar-refractivity contribution is -0.0479. The van der Waals surface area contributed by atoms with Crippen LogP contribution >= 0.6 is 0 Å². The molecule has 1 saturated carbocycles. The molecule has 1 aliphatic carbocycles. The van der Waals surface area contributed by atoms with Gasteiger partial charge in [-0.2, -0.15) is 0 Å². The number of imidazole rings is 1. The second-order valence-electron chi connectivity index (χ2n) is 4.89. The maximum absolute atomic E-state index is 9.24. The van der Waals surface area contributed by atoms with Crippen LogP contribution in [0.5, 0.6) is 0 Å². The number of ether oxygens (including phenoxy) is 1. The van der Waals surface area contributed by atoms with E-state index in [1.165, 1.54) is 6.33 Å². The molecule has 18 heavy (non-hydrogen) atoms. The lowest BCUT2D eigenvalue weighted by Gasteiger charge is -2.17. The summed E-state index contributed by atoms with van der Waals surface area (Å²) in [5.41, 5.74) is 7.05. The summed E-state index contributed by atoms with van der Waals surface area (Å²) in [6, 6.07) is 0. The van der Waals surface area contributed by atoms with Crippen LogP contribution in [0.1, 0.15) is 12.6 Å². The molecule has 4 atom stereocenters. The molecule has 3 heterocycles. The lowest BCUT2D eigenvalue weighted by Crippen LogP contribution is -2.19. The maximum atomic E-state index is 9.24. The number of nitrogens with two attached hydrogens (primary N) is 1. The second-order valence-corrected chi connectivity index (χ2v) is 4.89. The number of nitrogen functional groups attached to an aromatic ring is 1. The predicted molar refractivity (Wildman–Crippen MR) is 62.3 cm³/mol. The van der Waals surface area contributed by atoms with Crippen LogP contribution in [0.15, 0.2) is 12.7 Å². The molecule has 94 valence electrons. The third kappa shape index (κ3) is 1.23. The van der Waals surface area contributed by atoms with Crippen LogP contribution in [0.2, 0.25) is 0 Å². The number of hydrogen-bond acceptors (Lipinski definition) is 6. The number of hydrogen-bond donors (Lipinski definition) is 2. The Bertz CT molecular complexity index is 612. The SMILES string of the molecule is Nc1ncnc2c1ncn2[C@@H]1O[C@H](CO)[C@H]2C[C@H]21. The number of nitrogens with zero attached hydrogens (tertiary/aromatic N) is 4. The van der Waals surface area contributed by atoms with E-state index in [1.807, 2.05) is 4.57 Å². The van der Waals surface area contributed by atoms with Crippen molar-refractivity contribution < 1.29 is 9.84 Å². The summed E-state index contributed by atoms with van der Waals surface area (Å²) in [6.45, 7) is 0.0709. The number of aromatic nitrogens is 4. The zero-order valence-electron chi connectivity index (χ0n) is 9.60. The van der Waals surface area contributed by atoms with Gasteiger partial charge < -0.3 is 15.6 Å². The van der Waals surface area contributed by atoms with Crippen molar-refractivity contribution in [3.63, 3.8) is 0 Å². The van der Waals surface area contributed by atoms with Gasteiger partial charge in [-0.3, -0.25) is 4.57 Å². The summed E-state index contributed by atoms with van der Waals surface area (Å²) < 4.78 is 7.73. The Morgan fingerprint density at radius 2 is 2.28 bits per heavy atom. The average molecular weight is 247 g/mol. The molecule has 4 rings (SSSR count). The van der Waals surface area contributed by atoms with Crippen molar-refractivity contribution >= 4 is 17.0 Å². The molecule has 2 aromatic rings. The summed E-state index contributed by atoms with van der Waals surface area (Å²) in [6.07, 6.45) is 4.06. The fourth-order valence-corrected chi connectivity index (χ4v) is 2.88. The normalized spacial score (nSPS) is 33.8. The van der Waals surface area contributed by atoms with Crippen molar-refractivity contribution in [2.75, 3.05) is 12.3 Å². The van der Waals surface area contributed by atoms with Gasteiger partial charge in [-0.1, -0.05) is 0 Å². The molecule has 0 radical (unpaired) electrons. The van der Waals surface area contributed by atoms with E-state index in [1.54, 1.807) is 6.33 Å². The van der Waals surface area contributed by atoms with Crippen molar-refractivity contribution in [2.45, 2.75) is 18.8 Å². The lowest BCUT2D eigenvalue weighted by atomic mass is 10.2. The van der Waals surface area contributed by atoms with Gasteiger partial charge in [0.05, 0.1) is 19.0 Å². The zero-order chi connectivity index (χ0) is 12.3. The van der Waals surface area contributed by atoms with E-state index in [2.05, 4.69) is 15.0 Å². The van der Waals surface area contributed by atoms with Gasteiger partial charge in [-0.05, 0) is 12.3 Å². The molecule has 2 aromatic heterocycles. The van der Waals surface area contributed by atoms with Crippen LogP contribution in [0, 0.1) is 11.8 Å². The highest BCUT2D eigenvalue weighted by atomic mass is 16.5. The minimum absolute atomic E-state index is 0.0587. The largest absolute Gasteiger partial charge is 0.394 e. The Labute approximate surface area is 103 Å². The van der Waals surface area contributed by atoms with Crippen molar-refractivity contribution in [3.8, 4) is 0 Å². The molecule has 0 aromatic carbocycles. The van der Waals surface area contributed by atoms with E-state index in [9.17, 15) is 5.11 Å². The first-order valence-electron chi connectivity index (χ1n) is 5.99. The molecule has 0 spiro atoms. The predicted octanol–water partition coefficient (Wildman–Crippen LogP) is -0.0657. The van der Waals surface area contributed by atoms with Crippen LogP contribution in [0.25, 0.3) is 11.2 Å². The highest BCUT2D eigenvalue weighted by Crippen LogP contribution is 2.56. The smallest absolute Gasteiger partial charge is 0.167 e. The van der Waals surface area contributed by atoms with E-state index in [0.717, 1.165) is 6.42 Å². The van der Waals surface area contributed by atoms with E-state index in [4.69, 9.17) is 10.5 Å². The molecule has 0 amide bonds. The van der Waals surface area contributed by atoms with Crippen LogP contribution in [0.4, 0.5) is 5.82 Å². The summed E-state index contributed by atoms with van der Waals surface area (Å²) in [5, 5.41) is 9.24. The minimum atomic E-state index is -0.0913. The number of aliphatic hydroxyl groups is 1. The van der Waals surface area contributed by atoms with Crippen LogP contribution in [-0.4, -0.2) is 37.3 Å². The molecule has 7 nitrogen and oxygen atoms in total. The molecule has 1 saturated heterocycles. The highest BCUT2D eigenvalue weighted by molar-refractivity contribution is 5.81. The highest BCUT2D eigenvalue weighted by Gasteiger charge is 2.56. The Kier molecular flexibility index (Phi) is 1.93. The fourth-order valence-electron chi connectivity index (χ4n) is 2.88. The first-order chi connectivity index (χ1) is 8.79. The van der Waals surface area contributed by atoms with Crippen molar-refractivity contribution in [1.29, 1.82) is 0 Å². The van der Waals surface area contributed by atoms with Gasteiger partial charge in [0.1, 0.15) is 18.1 Å². The zero-order valence-corrected chi connectivity index (χ0v) is 9.60. The number of aliphatic hydroxyl groups excluding tert-OH is 1. The van der Waals surface area contributed by atoms with Gasteiger partial charge in [0.25, 0.3) is 0 Å². The Balaban J connectivity index is 1.78. The van der Waals surface area contributed by atoms with Crippen LogP contribution < -0.4 is 5.73 Å². The standard InChI is InChI=1S/C11H13N5O2/c12-9-8-10(14-3-13-9)16(4-15-8)11-6-1-5(6)7(2-17)18-11/h3-7,11,17H,1-2H2,(H2,12,13,14)/t5-,6+,7+,11+/m0/s1. The molecular formula is C11H13N5O2. The third-order valence-corrected chi connectivity index (χ3v) is 3.89. The van der Waals surface area contributed by atoms with Gasteiger partial charge in [0.15, 0.2) is 11.5 Å². The summed E-state index contributed by atoms with van der Waals surface area (Å²) in [5.74, 6) is 1.30. The van der Waals surface area contributed by atoms with Crippen LogP contribution in [-0.2, 0) is 4.74 Å². The fraction of sp³-hybridized carbons (Fsp3) is 0.545. The third-order valence-electron chi connectivity index (χ3n) is 3.89. The van der Waals surface area contributed by atoms with E-state index < -0.39 is 0 Å². The monoisotopic (exact) mass is 247 g/mol. The molecular weight excluding hydrogens is 234 g/mol. The Hall–Kier alpha value is -1.73. The summed E-state index contributed by atoms with van der Waals surface area (Å²) >= 11 is 0. The van der Waals surface area contributed by atoms with E-state index in [-0.39, 0.29) is 18.9 Å². The van der Waals surface area contributed by atoms with Gasteiger partial charge in [0.2, 0.25) is 0 Å². The number of rotatable bonds is 2. The molecule has 3 N–H and O–H groups in total. The molecule has 2 fully saturated rings. The molecule has 1 aliphatic heterocycles. The quantitative estimate of drug-likeness (QED) is 0.771. The van der Waals surface area contributed by atoms with Crippen molar-refractivity contribution in [1.82, 2.24) is 19.5 Å². The second kappa shape index (κ2) is 3.39. The topological polar surface area (TPSA) is 99.1 Å². The van der Waals surface area contributed by atoms with Gasteiger partial charge in [-0.15, -0.1) is 0 Å². The van der Waals surface area contributed by atoms with Crippen molar-refractivity contribution in [2.24, 2.45) is 11.8 Å². The Morgan fingerprint density at radius 3 is 3.06 bits per heavy atom. The van der Waals surface area contributed by atoms with Gasteiger partial charge in [-0.25, -0.2) is 15.0 Å². The number of fused-ring (bicyclic) bond motifs is 2. The van der Waals surface area contributed by atoms with E-state index in [0.29, 0.717) is 28.8 Å². The van der Waals surface area contributed by atoms with Crippen LogP contribution in [0.3, 0.4) is 0 Å². The van der Waals surface area contributed by atoms with Gasteiger partial charge in [0, 0.05) is 5.92 Å². The minimum Gasteiger partial charge on any atom is -0.394 e. The van der Waals surface area contributed by atoms with Gasteiger partial charge >= 0.3 is 0 Å². The maximum Gasteiger partial charge on any atom is 0.167 e. The first kappa shape index (κ1) is 10.2. The molecule has 7 heteroatoms.